The number of hydrogen-bond acceptors (Lipinski definition) is 9. The van der Waals surface area contributed by atoms with Crippen molar-refractivity contribution in [3.63, 3.8) is 0 Å². The van der Waals surface area contributed by atoms with Gasteiger partial charge in [-0.3, -0.25) is 4.55 Å². The zero-order valence-electron chi connectivity index (χ0n) is 33.5. The average molecular weight is 851 g/mol. The fourth-order valence-electron chi connectivity index (χ4n) is 6.20. The van der Waals surface area contributed by atoms with E-state index in [4.69, 9.17) is 9.47 Å². The zero-order chi connectivity index (χ0) is 40.8. The van der Waals surface area contributed by atoms with E-state index < -0.39 is 20.2 Å². The average Bonchev–Trinajstić information content (AvgIpc) is 3.16. The van der Waals surface area contributed by atoms with Crippen molar-refractivity contribution in [2.45, 2.75) is 139 Å². The maximum Gasteiger partial charge on any atom is 2.00 e. The van der Waals surface area contributed by atoms with Crippen LogP contribution >= 0.6 is 0 Å². The van der Waals surface area contributed by atoms with Gasteiger partial charge < -0.3 is 24.2 Å². The van der Waals surface area contributed by atoms with Crippen molar-refractivity contribution < 1.29 is 45.6 Å². The Morgan fingerprint density at radius 3 is 1.39 bits per heavy atom. The van der Waals surface area contributed by atoms with E-state index in [2.05, 4.69) is 13.8 Å². The number of unbranched alkanes of at least 4 members (excludes halogenated alkanes) is 14. The first-order valence-corrected chi connectivity index (χ1v) is 22.8. The summed E-state index contributed by atoms with van der Waals surface area (Å²) in [5.41, 5.74) is 1.64. The van der Waals surface area contributed by atoms with Gasteiger partial charge in [-0.25, -0.2) is 8.42 Å². The Morgan fingerprint density at radius 2 is 0.930 bits per heavy atom. The van der Waals surface area contributed by atoms with Crippen LogP contribution in [0.1, 0.15) is 128 Å². The summed E-state index contributed by atoms with van der Waals surface area (Å²) < 4.78 is 77.8. The van der Waals surface area contributed by atoms with Crippen LogP contribution in [0.2, 0.25) is 0 Å². The molecule has 2 N–H and O–H groups in total. The molecule has 0 aliphatic heterocycles. The molecule has 0 heterocycles. The normalized spacial score (nSPS) is 11.3. The van der Waals surface area contributed by atoms with Crippen LogP contribution in [0.25, 0.3) is 0 Å². The number of aryl methyl sites for hydroxylation is 2. The molecular weight excluding hydrogens is 793 g/mol. The van der Waals surface area contributed by atoms with Gasteiger partial charge in [-0.1, -0.05) is 152 Å². The smallest absolute Gasteiger partial charge is 0.870 e. The molecule has 4 rings (SSSR count). The minimum Gasteiger partial charge on any atom is -0.870 e. The van der Waals surface area contributed by atoms with Gasteiger partial charge in [-0.15, -0.1) is 0 Å². The number of rotatable bonds is 24. The monoisotopic (exact) mass is 850 g/mol. The number of phenols is 1. The van der Waals surface area contributed by atoms with Gasteiger partial charge in [0.1, 0.15) is 27.4 Å². The molecule has 0 bridgehead atoms. The topological polar surface area (TPSA) is 173 Å². The summed E-state index contributed by atoms with van der Waals surface area (Å²) in [5.74, 6) is 0.615. The van der Waals surface area contributed by atoms with E-state index in [-0.39, 0.29) is 76.3 Å². The molecule has 10 nitrogen and oxygen atoms in total. The molecule has 0 saturated heterocycles. The van der Waals surface area contributed by atoms with E-state index in [1.54, 1.807) is 42.5 Å². The number of ether oxygens (including phenoxy) is 2. The van der Waals surface area contributed by atoms with E-state index in [9.17, 15) is 36.2 Å². The van der Waals surface area contributed by atoms with Crippen molar-refractivity contribution in [2.24, 2.45) is 0 Å². The molecule has 4 aromatic carbocycles. The largest absolute Gasteiger partial charge is 2.00 e. The zero-order valence-corrected chi connectivity index (χ0v) is 37.3. The minimum atomic E-state index is -4.59. The second kappa shape index (κ2) is 27.0. The Bertz CT molecular complexity index is 1840. The van der Waals surface area contributed by atoms with Crippen molar-refractivity contribution in [1.29, 1.82) is 0 Å². The van der Waals surface area contributed by atoms with Crippen molar-refractivity contribution in [3.05, 3.63) is 96.1 Å². The first-order chi connectivity index (χ1) is 26.8. The fourth-order valence-corrected chi connectivity index (χ4v) is 7.18. The maximum atomic E-state index is 11.9. The second-order valence-electron chi connectivity index (χ2n) is 14.0. The van der Waals surface area contributed by atoms with E-state index in [0.717, 1.165) is 49.7 Å². The van der Waals surface area contributed by atoms with Crippen molar-refractivity contribution in [3.8, 4) is 34.5 Å². The van der Waals surface area contributed by atoms with Gasteiger partial charge in [-0.2, -0.15) is 8.42 Å². The van der Waals surface area contributed by atoms with Gasteiger partial charge in [0.15, 0.2) is 11.5 Å². The molecule has 0 aromatic heterocycles. The molecule has 0 fully saturated rings. The summed E-state index contributed by atoms with van der Waals surface area (Å²) in [5, 5.41) is 21.9. The fraction of sp³-hybridized carbons (Fsp3) is 0.455. The molecule has 0 aliphatic carbocycles. The molecule has 57 heavy (non-hydrogen) atoms. The molecular formula is C44H58CaO10S2. The predicted molar refractivity (Wildman–Crippen MR) is 223 cm³/mol. The Morgan fingerprint density at radius 1 is 0.526 bits per heavy atom. The number of phenolic OH excluding ortho intramolecular Hbond substituents is 1. The van der Waals surface area contributed by atoms with Gasteiger partial charge in [-0.05, 0) is 73.2 Å². The first-order valence-electron chi connectivity index (χ1n) is 19.9. The van der Waals surface area contributed by atoms with Gasteiger partial charge >= 0.3 is 37.7 Å². The van der Waals surface area contributed by atoms with Crippen LogP contribution in [0.5, 0.6) is 34.5 Å². The van der Waals surface area contributed by atoms with Gasteiger partial charge in [0, 0.05) is 6.07 Å². The Kier molecular flexibility index (Phi) is 23.8. The van der Waals surface area contributed by atoms with Crippen LogP contribution in [0, 0.1) is 0 Å². The summed E-state index contributed by atoms with van der Waals surface area (Å²) in [7, 11) is -8.92. The molecule has 13 heteroatoms. The summed E-state index contributed by atoms with van der Waals surface area (Å²) in [6.07, 6.45) is 20.5. The Balaban J connectivity index is 0.000000387. The summed E-state index contributed by atoms with van der Waals surface area (Å²) >= 11 is 0. The van der Waals surface area contributed by atoms with E-state index >= 15 is 0 Å². The van der Waals surface area contributed by atoms with Crippen LogP contribution in [-0.2, 0) is 33.1 Å². The molecule has 4 aromatic rings. The summed E-state index contributed by atoms with van der Waals surface area (Å²) in [6.45, 7) is 4.41. The molecule has 0 radical (unpaired) electrons. The van der Waals surface area contributed by atoms with E-state index in [1.807, 2.05) is 0 Å². The summed E-state index contributed by atoms with van der Waals surface area (Å²) in [4.78, 5) is -0.580. The Labute approximate surface area is 370 Å². The third kappa shape index (κ3) is 19.2. The SMILES string of the molecule is CCCCCCCCCCc1ccc(S(=O)(=O)O)cc1Oc1ccccc1O.CCCCCCCCCCc1ccc(S(=O)(=O)[O-])cc1Oc1ccccc1[O-].[Ca+2]. The molecule has 0 saturated carbocycles. The van der Waals surface area contributed by atoms with Gasteiger partial charge in [0.2, 0.25) is 0 Å². The third-order valence-electron chi connectivity index (χ3n) is 9.42. The Hall–Kier alpha value is -2.84. The van der Waals surface area contributed by atoms with E-state index in [1.165, 1.54) is 113 Å². The predicted octanol–water partition coefficient (Wildman–Crippen LogP) is 10.9. The summed E-state index contributed by atoms with van der Waals surface area (Å²) in [6, 6.07) is 21.2. The van der Waals surface area contributed by atoms with Crippen LogP contribution in [0.15, 0.2) is 94.7 Å². The molecule has 0 amide bonds. The minimum absolute atomic E-state index is 0. The number of benzene rings is 4. The van der Waals surface area contributed by atoms with E-state index in [0.29, 0.717) is 12.2 Å². The molecule has 308 valence electrons. The van der Waals surface area contributed by atoms with Crippen LogP contribution in [-0.4, -0.2) is 68.8 Å². The molecule has 0 spiro atoms. The van der Waals surface area contributed by atoms with Crippen LogP contribution in [0.3, 0.4) is 0 Å². The van der Waals surface area contributed by atoms with Crippen LogP contribution < -0.4 is 14.6 Å². The standard InChI is InChI=1S/2C22H30O5S.Ca/c2*1-2-3-4-5-6-7-8-9-12-18-15-16-19(28(24,25)26)17-22(18)27-21-14-11-10-13-20(21)23;/h2*10-11,13-17,23H,2-9,12H2,1H3,(H,24,25,26);/q;;+2/p-2. The van der Waals surface area contributed by atoms with Crippen molar-refractivity contribution >= 4 is 58.0 Å². The number of hydrogen-bond donors (Lipinski definition) is 2. The quantitative estimate of drug-likeness (QED) is 0.0392. The number of aromatic hydroxyl groups is 1. The van der Waals surface area contributed by atoms with Crippen LogP contribution in [0.4, 0.5) is 0 Å². The van der Waals surface area contributed by atoms with Gasteiger partial charge in [0.05, 0.1) is 9.79 Å². The third-order valence-corrected chi connectivity index (χ3v) is 11.1. The first kappa shape index (κ1) is 50.3. The van der Waals surface area contributed by atoms with Gasteiger partial charge in [0.25, 0.3) is 10.1 Å². The molecule has 0 atom stereocenters. The molecule has 0 aliphatic rings. The maximum absolute atomic E-state index is 11.9. The number of para-hydroxylation sites is 4. The second-order valence-corrected chi connectivity index (χ2v) is 16.8. The van der Waals surface area contributed by atoms with Crippen molar-refractivity contribution in [1.82, 2.24) is 0 Å². The molecule has 0 unspecified atom stereocenters. The van der Waals surface area contributed by atoms with Crippen molar-refractivity contribution in [2.75, 3.05) is 0 Å².